The van der Waals surface area contributed by atoms with Crippen molar-refractivity contribution in [3.63, 3.8) is 0 Å². The number of aryl methyl sites for hydroxylation is 1. The maximum Gasteiger partial charge on any atom is 0.151 e. The largest absolute Gasteiger partial charge is 0.496 e. The molecule has 0 atom stereocenters. The van der Waals surface area contributed by atoms with Crippen molar-refractivity contribution in [3.05, 3.63) is 28.8 Å². The minimum absolute atomic E-state index is 0.366. The predicted molar refractivity (Wildman–Crippen MR) is 47.8 cm³/mol. The van der Waals surface area contributed by atoms with Crippen LogP contribution in [0.1, 0.15) is 21.5 Å². The van der Waals surface area contributed by atoms with E-state index in [4.69, 9.17) is 10.00 Å². The molecular weight excluding hydrogens is 166 g/mol. The Morgan fingerprint density at radius 3 is 2.69 bits per heavy atom. The van der Waals surface area contributed by atoms with Gasteiger partial charge in [-0.3, -0.25) is 4.79 Å². The lowest BCUT2D eigenvalue weighted by Gasteiger charge is -2.05. The first-order chi connectivity index (χ1) is 6.22. The van der Waals surface area contributed by atoms with Gasteiger partial charge in [-0.2, -0.15) is 5.26 Å². The van der Waals surface area contributed by atoms with E-state index in [9.17, 15) is 4.79 Å². The van der Waals surface area contributed by atoms with Gasteiger partial charge in [0, 0.05) is 5.56 Å². The van der Waals surface area contributed by atoms with Gasteiger partial charge in [-0.05, 0) is 24.6 Å². The van der Waals surface area contributed by atoms with Crippen molar-refractivity contribution in [2.45, 2.75) is 6.92 Å². The highest BCUT2D eigenvalue weighted by atomic mass is 16.5. The van der Waals surface area contributed by atoms with Crippen LogP contribution in [0.15, 0.2) is 12.1 Å². The second-order valence-electron chi connectivity index (χ2n) is 2.64. The van der Waals surface area contributed by atoms with E-state index in [0.29, 0.717) is 23.2 Å². The lowest BCUT2D eigenvalue weighted by Crippen LogP contribution is -1.93. The van der Waals surface area contributed by atoms with Crippen LogP contribution in [0.4, 0.5) is 0 Å². The van der Waals surface area contributed by atoms with Crippen molar-refractivity contribution in [1.29, 1.82) is 5.26 Å². The van der Waals surface area contributed by atoms with Crippen molar-refractivity contribution < 1.29 is 9.53 Å². The Bertz CT molecular complexity index is 377. The van der Waals surface area contributed by atoms with Gasteiger partial charge in [-0.1, -0.05) is 0 Å². The summed E-state index contributed by atoms with van der Waals surface area (Å²) >= 11 is 0. The fourth-order valence-corrected chi connectivity index (χ4v) is 1.12. The average Bonchev–Trinajstić information content (AvgIpc) is 2.17. The number of methoxy groups -OCH3 is 1. The number of nitriles is 1. The van der Waals surface area contributed by atoms with Crippen LogP contribution < -0.4 is 4.74 Å². The number of carbonyl (C=O) groups is 1. The molecule has 0 aliphatic carbocycles. The number of aldehydes is 1. The van der Waals surface area contributed by atoms with E-state index in [1.165, 1.54) is 7.11 Å². The van der Waals surface area contributed by atoms with Crippen molar-refractivity contribution in [1.82, 2.24) is 0 Å². The molecule has 1 aromatic carbocycles. The van der Waals surface area contributed by atoms with Gasteiger partial charge in [0.1, 0.15) is 5.75 Å². The number of carbonyl (C=O) groups excluding carboxylic acids is 1. The second kappa shape index (κ2) is 3.72. The molecule has 0 bridgehead atoms. The van der Waals surface area contributed by atoms with E-state index < -0.39 is 0 Å². The van der Waals surface area contributed by atoms with Gasteiger partial charge in [-0.25, -0.2) is 0 Å². The number of hydrogen-bond donors (Lipinski definition) is 0. The summed E-state index contributed by atoms with van der Waals surface area (Å²) in [7, 11) is 1.53. The predicted octanol–water partition coefficient (Wildman–Crippen LogP) is 1.69. The summed E-state index contributed by atoms with van der Waals surface area (Å²) in [5.41, 5.74) is 1.60. The van der Waals surface area contributed by atoms with Gasteiger partial charge >= 0.3 is 0 Å². The van der Waals surface area contributed by atoms with Gasteiger partial charge < -0.3 is 4.74 Å². The van der Waals surface area contributed by atoms with E-state index in [1.54, 1.807) is 12.1 Å². The van der Waals surface area contributed by atoms with Crippen molar-refractivity contribution >= 4 is 6.29 Å². The lowest BCUT2D eigenvalue weighted by molar-refractivity contribution is 0.112. The number of nitrogens with zero attached hydrogens (tertiary/aromatic N) is 1. The van der Waals surface area contributed by atoms with E-state index >= 15 is 0 Å². The van der Waals surface area contributed by atoms with Gasteiger partial charge in [0.05, 0.1) is 18.7 Å². The highest BCUT2D eigenvalue weighted by Gasteiger charge is 2.06. The molecule has 0 fully saturated rings. The highest BCUT2D eigenvalue weighted by molar-refractivity contribution is 5.80. The summed E-state index contributed by atoms with van der Waals surface area (Å²) in [6.07, 6.45) is 0.653. The SMILES string of the molecule is COc1cc(C=O)c(C#N)cc1C. The molecule has 1 rings (SSSR count). The first-order valence-corrected chi connectivity index (χ1v) is 3.77. The summed E-state index contributed by atoms with van der Waals surface area (Å²) in [5.74, 6) is 0.626. The molecule has 0 unspecified atom stereocenters. The standard InChI is InChI=1S/C10H9NO2/c1-7-3-8(5-11)9(6-12)4-10(7)13-2/h3-4,6H,1-2H3. The molecule has 13 heavy (non-hydrogen) atoms. The minimum Gasteiger partial charge on any atom is -0.496 e. The van der Waals surface area contributed by atoms with Crippen molar-refractivity contribution in [3.8, 4) is 11.8 Å². The summed E-state index contributed by atoms with van der Waals surface area (Å²) in [5, 5.41) is 8.69. The van der Waals surface area contributed by atoms with Gasteiger partial charge in [0.2, 0.25) is 0 Å². The van der Waals surface area contributed by atoms with Crippen molar-refractivity contribution in [2.75, 3.05) is 7.11 Å². The van der Waals surface area contributed by atoms with E-state index in [0.717, 1.165) is 5.56 Å². The molecule has 0 spiro atoms. The fourth-order valence-electron chi connectivity index (χ4n) is 1.12. The number of rotatable bonds is 2. The molecule has 0 aliphatic rings. The van der Waals surface area contributed by atoms with E-state index in [2.05, 4.69) is 0 Å². The van der Waals surface area contributed by atoms with Crippen LogP contribution in [0.25, 0.3) is 0 Å². The maximum atomic E-state index is 10.6. The molecule has 0 N–H and O–H groups in total. The van der Waals surface area contributed by atoms with Crippen LogP contribution in [0.2, 0.25) is 0 Å². The Balaban J connectivity index is 3.36. The fraction of sp³-hybridized carbons (Fsp3) is 0.200. The maximum absolute atomic E-state index is 10.6. The number of ether oxygens (including phenoxy) is 1. The van der Waals surface area contributed by atoms with Crippen LogP contribution in [0, 0.1) is 18.3 Å². The van der Waals surface area contributed by atoms with Crippen LogP contribution in [-0.2, 0) is 0 Å². The average molecular weight is 175 g/mol. The Hall–Kier alpha value is -1.82. The first kappa shape index (κ1) is 9.27. The molecule has 0 aliphatic heterocycles. The molecule has 0 amide bonds. The Labute approximate surface area is 76.6 Å². The zero-order valence-corrected chi connectivity index (χ0v) is 7.50. The topological polar surface area (TPSA) is 50.1 Å². The first-order valence-electron chi connectivity index (χ1n) is 3.77. The third-order valence-electron chi connectivity index (χ3n) is 1.81. The highest BCUT2D eigenvalue weighted by Crippen LogP contribution is 2.21. The van der Waals surface area contributed by atoms with Gasteiger partial charge in [0.15, 0.2) is 6.29 Å². The summed E-state index contributed by atoms with van der Waals surface area (Å²) in [4.78, 5) is 10.6. The molecule has 3 nitrogen and oxygen atoms in total. The smallest absolute Gasteiger partial charge is 0.151 e. The molecule has 0 aromatic heterocycles. The quantitative estimate of drug-likeness (QED) is 0.642. The second-order valence-corrected chi connectivity index (χ2v) is 2.64. The van der Waals surface area contributed by atoms with Gasteiger partial charge in [-0.15, -0.1) is 0 Å². The summed E-state index contributed by atoms with van der Waals surface area (Å²) in [6, 6.07) is 5.16. The normalized spacial score (nSPS) is 9.00. The molecule has 66 valence electrons. The molecule has 1 aromatic rings. The summed E-state index contributed by atoms with van der Waals surface area (Å²) < 4.78 is 5.02. The minimum atomic E-state index is 0.366. The Kier molecular flexibility index (Phi) is 2.65. The van der Waals surface area contributed by atoms with Crippen LogP contribution >= 0.6 is 0 Å². The van der Waals surface area contributed by atoms with E-state index in [1.807, 2.05) is 13.0 Å². The summed E-state index contributed by atoms with van der Waals surface area (Å²) in [6.45, 7) is 1.83. The number of benzene rings is 1. The number of hydrogen-bond acceptors (Lipinski definition) is 3. The zero-order valence-electron chi connectivity index (χ0n) is 7.50. The van der Waals surface area contributed by atoms with Crippen LogP contribution in [-0.4, -0.2) is 13.4 Å². The molecule has 3 heteroatoms. The van der Waals surface area contributed by atoms with Crippen LogP contribution in [0.5, 0.6) is 5.75 Å². The Morgan fingerprint density at radius 1 is 1.54 bits per heavy atom. The van der Waals surface area contributed by atoms with E-state index in [-0.39, 0.29) is 0 Å². The molecular formula is C10H9NO2. The Morgan fingerprint density at radius 2 is 2.23 bits per heavy atom. The molecule has 0 heterocycles. The van der Waals surface area contributed by atoms with Crippen molar-refractivity contribution in [2.24, 2.45) is 0 Å². The van der Waals surface area contributed by atoms with Gasteiger partial charge in [0.25, 0.3) is 0 Å². The monoisotopic (exact) mass is 175 g/mol. The third-order valence-corrected chi connectivity index (χ3v) is 1.81. The zero-order chi connectivity index (χ0) is 9.84. The molecule has 0 saturated carbocycles. The third kappa shape index (κ3) is 1.67. The molecule has 0 radical (unpaired) electrons. The van der Waals surface area contributed by atoms with Crippen LogP contribution in [0.3, 0.4) is 0 Å². The lowest BCUT2D eigenvalue weighted by atomic mass is 10.1. The molecule has 0 saturated heterocycles.